The zero-order valence-corrected chi connectivity index (χ0v) is 18.7. The van der Waals surface area contributed by atoms with Gasteiger partial charge >= 0.3 is 0 Å². The largest absolute Gasteiger partial charge is 0.351 e. The van der Waals surface area contributed by atoms with Gasteiger partial charge < -0.3 is 9.88 Å². The van der Waals surface area contributed by atoms with Crippen molar-refractivity contribution in [3.05, 3.63) is 24.3 Å². The smallest absolute Gasteiger partial charge is 0.223 e. The molecule has 2 aromatic rings. The molecule has 0 aromatic carbocycles. The number of sulfonamides is 1. The van der Waals surface area contributed by atoms with Gasteiger partial charge in [0.15, 0.2) is 0 Å². The molecule has 3 heterocycles. The van der Waals surface area contributed by atoms with Crippen molar-refractivity contribution >= 4 is 27.6 Å². The first-order chi connectivity index (χ1) is 13.8. The maximum absolute atomic E-state index is 12.3. The van der Waals surface area contributed by atoms with Crippen LogP contribution in [0.25, 0.3) is 11.4 Å². The Morgan fingerprint density at radius 1 is 1.28 bits per heavy atom. The van der Waals surface area contributed by atoms with E-state index in [4.69, 9.17) is 11.6 Å². The van der Waals surface area contributed by atoms with Crippen LogP contribution in [-0.2, 0) is 10.0 Å². The summed E-state index contributed by atoms with van der Waals surface area (Å²) < 4.78 is 28.3. The van der Waals surface area contributed by atoms with Gasteiger partial charge in [-0.05, 0) is 46.1 Å². The van der Waals surface area contributed by atoms with Gasteiger partial charge in [-0.2, -0.15) is 0 Å². The number of aromatic nitrogens is 4. The normalized spacial score (nSPS) is 16.4. The van der Waals surface area contributed by atoms with Crippen LogP contribution < -0.4 is 5.32 Å². The Hall–Kier alpha value is -1.71. The van der Waals surface area contributed by atoms with E-state index in [0.29, 0.717) is 31.3 Å². The molecular weight excluding hydrogens is 412 g/mol. The van der Waals surface area contributed by atoms with E-state index in [0.717, 1.165) is 30.1 Å². The highest BCUT2D eigenvalue weighted by Crippen LogP contribution is 2.24. The molecular formula is C19H29ClN6O2S. The highest BCUT2D eigenvalue weighted by molar-refractivity contribution is 7.89. The molecule has 0 unspecified atom stereocenters. The molecule has 10 heteroatoms. The minimum absolute atomic E-state index is 0.114. The van der Waals surface area contributed by atoms with Gasteiger partial charge in [0, 0.05) is 37.3 Å². The number of nitrogens with one attached hydrogen (secondary N) is 1. The molecule has 0 bridgehead atoms. The second-order valence-corrected chi connectivity index (χ2v) is 10.1. The minimum atomic E-state index is -3.21. The maximum atomic E-state index is 12.3. The van der Waals surface area contributed by atoms with E-state index in [1.165, 1.54) is 0 Å². The van der Waals surface area contributed by atoms with Crippen molar-refractivity contribution in [2.45, 2.75) is 52.1 Å². The number of alkyl halides is 1. The van der Waals surface area contributed by atoms with Crippen LogP contribution in [0.5, 0.6) is 0 Å². The minimum Gasteiger partial charge on any atom is -0.351 e. The second-order valence-electron chi connectivity index (χ2n) is 7.60. The summed E-state index contributed by atoms with van der Waals surface area (Å²) >= 11 is 5.63. The SMILES string of the molecule is Cc1ncc(-c2ccnc(NC3CCN(S(=O)(=O)CCCCl)CC3)n2)n1C(C)C. The van der Waals surface area contributed by atoms with Crippen molar-refractivity contribution in [2.75, 3.05) is 30.0 Å². The molecule has 1 aliphatic heterocycles. The van der Waals surface area contributed by atoms with Crippen molar-refractivity contribution in [3.63, 3.8) is 0 Å². The summed E-state index contributed by atoms with van der Waals surface area (Å²) in [6.07, 6.45) is 5.50. The van der Waals surface area contributed by atoms with E-state index >= 15 is 0 Å². The Bertz CT molecular complexity index is 923. The highest BCUT2D eigenvalue weighted by atomic mass is 35.5. The van der Waals surface area contributed by atoms with Crippen LogP contribution in [0, 0.1) is 6.92 Å². The topological polar surface area (TPSA) is 93.0 Å². The highest BCUT2D eigenvalue weighted by Gasteiger charge is 2.28. The number of nitrogens with zero attached hydrogens (tertiary/aromatic N) is 5. The van der Waals surface area contributed by atoms with Crippen LogP contribution in [0.15, 0.2) is 18.5 Å². The lowest BCUT2D eigenvalue weighted by Crippen LogP contribution is -2.43. The van der Waals surface area contributed by atoms with E-state index in [1.54, 1.807) is 10.5 Å². The molecule has 0 amide bonds. The summed E-state index contributed by atoms with van der Waals surface area (Å²) in [6.45, 7) is 7.22. The van der Waals surface area contributed by atoms with Gasteiger partial charge in [-0.25, -0.2) is 27.7 Å². The fourth-order valence-electron chi connectivity index (χ4n) is 3.69. The van der Waals surface area contributed by atoms with E-state index in [1.807, 2.05) is 19.2 Å². The molecule has 0 radical (unpaired) electrons. The maximum Gasteiger partial charge on any atom is 0.223 e. The third kappa shape index (κ3) is 5.26. The Balaban J connectivity index is 1.65. The molecule has 0 spiro atoms. The van der Waals surface area contributed by atoms with Crippen LogP contribution in [-0.4, -0.2) is 63.0 Å². The second kappa shape index (κ2) is 9.40. The lowest BCUT2D eigenvalue weighted by Gasteiger charge is -2.31. The van der Waals surface area contributed by atoms with Gasteiger partial charge in [-0.3, -0.25) is 0 Å². The summed E-state index contributed by atoms with van der Waals surface area (Å²) in [6, 6.07) is 2.30. The number of piperidine rings is 1. The zero-order chi connectivity index (χ0) is 21.0. The molecule has 1 fully saturated rings. The van der Waals surface area contributed by atoms with Gasteiger partial charge in [0.25, 0.3) is 0 Å². The first-order valence-corrected chi connectivity index (χ1v) is 12.1. The quantitative estimate of drug-likeness (QED) is 0.634. The first kappa shape index (κ1) is 22.0. The number of anilines is 1. The Labute approximate surface area is 177 Å². The van der Waals surface area contributed by atoms with E-state index in [-0.39, 0.29) is 17.8 Å². The van der Waals surface area contributed by atoms with E-state index < -0.39 is 10.0 Å². The van der Waals surface area contributed by atoms with E-state index in [9.17, 15) is 8.42 Å². The van der Waals surface area contributed by atoms with Crippen molar-refractivity contribution in [1.82, 2.24) is 23.8 Å². The molecule has 1 N–H and O–H groups in total. The molecule has 1 aliphatic rings. The van der Waals surface area contributed by atoms with Gasteiger partial charge in [0.05, 0.1) is 23.3 Å². The standard InChI is InChI=1S/C19H29ClN6O2S/c1-14(2)26-15(3)22-13-18(26)17-5-9-21-19(24-17)23-16-6-10-25(11-7-16)29(27,28)12-4-8-20/h5,9,13-14,16H,4,6-8,10-12H2,1-3H3,(H,21,23,24). The number of hydrogen-bond acceptors (Lipinski definition) is 6. The summed E-state index contributed by atoms with van der Waals surface area (Å²) in [5.41, 5.74) is 1.78. The molecule has 3 rings (SSSR count). The van der Waals surface area contributed by atoms with Crippen molar-refractivity contribution in [2.24, 2.45) is 0 Å². The summed E-state index contributed by atoms with van der Waals surface area (Å²) in [5.74, 6) is 1.98. The monoisotopic (exact) mass is 440 g/mol. The van der Waals surface area contributed by atoms with Crippen molar-refractivity contribution < 1.29 is 8.42 Å². The lowest BCUT2D eigenvalue weighted by atomic mass is 10.1. The van der Waals surface area contributed by atoms with Gasteiger partial charge in [-0.1, -0.05) is 0 Å². The van der Waals surface area contributed by atoms with Gasteiger partial charge in [0.1, 0.15) is 5.82 Å². The molecule has 0 aliphatic carbocycles. The number of hydrogen-bond donors (Lipinski definition) is 1. The molecule has 1 saturated heterocycles. The Morgan fingerprint density at radius 2 is 2.00 bits per heavy atom. The fraction of sp³-hybridized carbons (Fsp3) is 0.632. The van der Waals surface area contributed by atoms with Crippen LogP contribution in [0.2, 0.25) is 0 Å². The van der Waals surface area contributed by atoms with Gasteiger partial charge in [-0.15, -0.1) is 11.6 Å². The number of halogens is 1. The Kier molecular flexibility index (Phi) is 7.13. The summed E-state index contributed by atoms with van der Waals surface area (Å²) in [7, 11) is -3.21. The molecule has 8 nitrogen and oxygen atoms in total. The third-order valence-electron chi connectivity index (χ3n) is 5.13. The predicted octanol–water partition coefficient (Wildman–Crippen LogP) is 3.06. The molecule has 160 valence electrons. The fourth-order valence-corrected chi connectivity index (χ4v) is 5.52. The molecule has 2 aromatic heterocycles. The predicted molar refractivity (Wildman–Crippen MR) is 116 cm³/mol. The average molecular weight is 441 g/mol. The van der Waals surface area contributed by atoms with Crippen molar-refractivity contribution in [1.29, 1.82) is 0 Å². The van der Waals surface area contributed by atoms with E-state index in [2.05, 4.69) is 38.7 Å². The average Bonchev–Trinajstić information content (AvgIpc) is 3.09. The molecule has 29 heavy (non-hydrogen) atoms. The lowest BCUT2D eigenvalue weighted by molar-refractivity contribution is 0.329. The number of imidazole rings is 1. The zero-order valence-electron chi connectivity index (χ0n) is 17.2. The van der Waals surface area contributed by atoms with Crippen LogP contribution >= 0.6 is 11.6 Å². The number of rotatable bonds is 8. The van der Waals surface area contributed by atoms with Gasteiger partial charge in [0.2, 0.25) is 16.0 Å². The first-order valence-electron chi connectivity index (χ1n) is 9.99. The van der Waals surface area contributed by atoms with Crippen LogP contribution in [0.3, 0.4) is 0 Å². The van der Waals surface area contributed by atoms with Crippen molar-refractivity contribution in [3.8, 4) is 11.4 Å². The summed E-state index contributed by atoms with van der Waals surface area (Å²) in [5, 5.41) is 3.37. The summed E-state index contributed by atoms with van der Waals surface area (Å²) in [4.78, 5) is 13.4. The Morgan fingerprint density at radius 3 is 2.66 bits per heavy atom. The number of aryl methyl sites for hydroxylation is 1. The molecule has 0 atom stereocenters. The molecule has 0 saturated carbocycles. The third-order valence-corrected chi connectivity index (χ3v) is 7.36. The van der Waals surface area contributed by atoms with Crippen LogP contribution in [0.1, 0.15) is 45.0 Å². The van der Waals surface area contributed by atoms with Crippen LogP contribution in [0.4, 0.5) is 5.95 Å².